The van der Waals surface area contributed by atoms with Gasteiger partial charge in [0.2, 0.25) is 0 Å². The van der Waals surface area contributed by atoms with E-state index in [0.29, 0.717) is 12.2 Å². The summed E-state index contributed by atoms with van der Waals surface area (Å²) in [6, 6.07) is 6.60. The zero-order valence-electron chi connectivity index (χ0n) is 14.0. The van der Waals surface area contributed by atoms with Gasteiger partial charge in [-0.15, -0.1) is 0 Å². The van der Waals surface area contributed by atoms with Gasteiger partial charge in [-0.25, -0.2) is 0 Å². The maximum Gasteiger partial charge on any atom is 0.179 e. The van der Waals surface area contributed by atoms with Crippen molar-refractivity contribution in [3.63, 3.8) is 0 Å². The van der Waals surface area contributed by atoms with Crippen molar-refractivity contribution >= 4 is 16.7 Å². The molecule has 1 heterocycles. The molecule has 1 aromatic carbocycles. The first-order chi connectivity index (χ1) is 10.7. The highest BCUT2D eigenvalue weighted by Crippen LogP contribution is 2.32. The Hall–Kier alpha value is -1.61. The highest BCUT2D eigenvalue weighted by atomic mass is 16.1. The number of fused-ring (bicyclic) bond motifs is 3. The molecule has 3 rings (SSSR count). The van der Waals surface area contributed by atoms with Gasteiger partial charge in [0.25, 0.3) is 0 Å². The number of benzene rings is 1. The van der Waals surface area contributed by atoms with Gasteiger partial charge in [0, 0.05) is 30.4 Å². The lowest BCUT2D eigenvalue weighted by atomic mass is 9.94. The Morgan fingerprint density at radius 2 is 1.95 bits per heavy atom. The van der Waals surface area contributed by atoms with Gasteiger partial charge < -0.3 is 9.47 Å². The maximum absolute atomic E-state index is 12.5. The second-order valence-electron chi connectivity index (χ2n) is 6.30. The van der Waals surface area contributed by atoms with Crippen molar-refractivity contribution in [3.8, 4) is 0 Å². The van der Waals surface area contributed by atoms with Crippen LogP contribution in [0.4, 0.5) is 0 Å². The molecule has 22 heavy (non-hydrogen) atoms. The summed E-state index contributed by atoms with van der Waals surface area (Å²) in [6.07, 6.45) is 2.74. The fourth-order valence-electron chi connectivity index (χ4n) is 3.67. The lowest BCUT2D eigenvalue weighted by Gasteiger charge is -2.20. The standard InChI is InChI=1S/C19H26N2O/c1-4-20(5-2)11-12-21-17-10-9-14(3)13-16(17)15-7-6-8-18(22)19(15)21/h9-10,13H,4-8,11-12H2,1-3H3. The smallest absolute Gasteiger partial charge is 0.179 e. The van der Waals surface area contributed by atoms with Crippen LogP contribution in [0.25, 0.3) is 10.9 Å². The molecule has 0 fully saturated rings. The van der Waals surface area contributed by atoms with E-state index in [1.165, 1.54) is 22.0 Å². The van der Waals surface area contributed by atoms with Crippen LogP contribution in [-0.2, 0) is 13.0 Å². The van der Waals surface area contributed by atoms with E-state index >= 15 is 0 Å². The van der Waals surface area contributed by atoms with Crippen molar-refractivity contribution in [2.45, 2.75) is 46.6 Å². The molecule has 2 aromatic rings. The fourth-order valence-corrected chi connectivity index (χ4v) is 3.67. The summed E-state index contributed by atoms with van der Waals surface area (Å²) in [7, 11) is 0. The van der Waals surface area contributed by atoms with Gasteiger partial charge in [-0.05, 0) is 50.6 Å². The number of carbonyl (C=O) groups excluding carboxylic acids is 1. The molecule has 0 spiro atoms. The van der Waals surface area contributed by atoms with Gasteiger partial charge in [0.15, 0.2) is 5.78 Å². The lowest BCUT2D eigenvalue weighted by Crippen LogP contribution is -2.28. The van der Waals surface area contributed by atoms with Crippen LogP contribution in [0.3, 0.4) is 0 Å². The Kier molecular flexibility index (Phi) is 4.34. The zero-order chi connectivity index (χ0) is 15.7. The second kappa shape index (κ2) is 6.25. The number of rotatable bonds is 5. The van der Waals surface area contributed by atoms with Crippen LogP contribution in [0.1, 0.15) is 48.3 Å². The number of carbonyl (C=O) groups is 1. The molecule has 0 unspecified atom stereocenters. The van der Waals surface area contributed by atoms with Crippen LogP contribution in [0, 0.1) is 6.92 Å². The Labute approximate surface area is 132 Å². The van der Waals surface area contributed by atoms with Gasteiger partial charge in [-0.2, -0.15) is 0 Å². The molecule has 118 valence electrons. The van der Waals surface area contributed by atoms with Crippen LogP contribution in [0.2, 0.25) is 0 Å². The second-order valence-corrected chi connectivity index (χ2v) is 6.30. The lowest BCUT2D eigenvalue weighted by molar-refractivity contribution is 0.0962. The van der Waals surface area contributed by atoms with E-state index in [-0.39, 0.29) is 0 Å². The topological polar surface area (TPSA) is 25.2 Å². The van der Waals surface area contributed by atoms with Crippen molar-refractivity contribution in [2.75, 3.05) is 19.6 Å². The highest BCUT2D eigenvalue weighted by Gasteiger charge is 2.25. The summed E-state index contributed by atoms with van der Waals surface area (Å²) in [5.74, 6) is 0.328. The van der Waals surface area contributed by atoms with Crippen molar-refractivity contribution in [3.05, 3.63) is 35.0 Å². The molecule has 1 aliphatic carbocycles. The molecule has 1 aromatic heterocycles. The third-order valence-electron chi connectivity index (χ3n) is 4.95. The molecule has 1 aliphatic rings. The first-order valence-electron chi connectivity index (χ1n) is 8.53. The van der Waals surface area contributed by atoms with Crippen LogP contribution in [0.5, 0.6) is 0 Å². The van der Waals surface area contributed by atoms with Crippen LogP contribution in [0.15, 0.2) is 18.2 Å². The van der Waals surface area contributed by atoms with E-state index in [0.717, 1.165) is 44.7 Å². The molecule has 0 atom stereocenters. The normalized spacial score (nSPS) is 14.8. The maximum atomic E-state index is 12.5. The molecule has 0 aliphatic heterocycles. The van der Waals surface area contributed by atoms with Crippen molar-refractivity contribution in [2.24, 2.45) is 0 Å². The van der Waals surface area contributed by atoms with E-state index in [1.54, 1.807) is 0 Å². The molecular formula is C19H26N2O. The van der Waals surface area contributed by atoms with Crippen molar-refractivity contribution in [1.82, 2.24) is 9.47 Å². The summed E-state index contributed by atoms with van der Waals surface area (Å²) in [6.45, 7) is 10.6. The SMILES string of the molecule is CCN(CC)CCn1c2c(c3cc(C)ccc31)CCCC2=O. The first-order valence-corrected chi connectivity index (χ1v) is 8.53. The summed E-state index contributed by atoms with van der Waals surface area (Å²) < 4.78 is 2.28. The van der Waals surface area contributed by atoms with Crippen LogP contribution >= 0.6 is 0 Å². The van der Waals surface area contributed by atoms with E-state index < -0.39 is 0 Å². The van der Waals surface area contributed by atoms with Gasteiger partial charge in [-0.3, -0.25) is 4.79 Å². The minimum atomic E-state index is 0.328. The number of aryl methyl sites for hydroxylation is 2. The number of ketones is 1. The van der Waals surface area contributed by atoms with Crippen molar-refractivity contribution < 1.29 is 4.79 Å². The number of nitrogens with zero attached hydrogens (tertiary/aromatic N) is 2. The fraction of sp³-hybridized carbons (Fsp3) is 0.526. The number of hydrogen-bond donors (Lipinski definition) is 0. The van der Waals surface area contributed by atoms with Crippen molar-refractivity contribution in [1.29, 1.82) is 0 Å². The molecule has 0 bridgehead atoms. The van der Waals surface area contributed by atoms with E-state index in [1.807, 2.05) is 0 Å². The van der Waals surface area contributed by atoms with Gasteiger partial charge in [0.1, 0.15) is 0 Å². The largest absolute Gasteiger partial charge is 0.337 e. The molecule has 0 amide bonds. The summed E-state index contributed by atoms with van der Waals surface area (Å²) in [5.41, 5.74) is 4.78. The molecular weight excluding hydrogens is 272 g/mol. The molecule has 0 radical (unpaired) electrons. The third-order valence-corrected chi connectivity index (χ3v) is 4.95. The summed E-state index contributed by atoms with van der Waals surface area (Å²) in [4.78, 5) is 14.9. The van der Waals surface area contributed by atoms with Gasteiger partial charge in [0.05, 0.1) is 5.69 Å². The Bertz CT molecular complexity index is 695. The minimum Gasteiger partial charge on any atom is -0.337 e. The molecule has 0 N–H and O–H groups in total. The summed E-state index contributed by atoms with van der Waals surface area (Å²) in [5, 5.41) is 1.29. The minimum absolute atomic E-state index is 0.328. The average Bonchev–Trinajstić information content (AvgIpc) is 2.83. The van der Waals surface area contributed by atoms with E-state index in [2.05, 4.69) is 48.4 Å². The number of Topliss-reactive ketones (excluding diaryl/α,β-unsaturated/α-hetero) is 1. The Morgan fingerprint density at radius 1 is 1.18 bits per heavy atom. The van der Waals surface area contributed by atoms with Gasteiger partial charge >= 0.3 is 0 Å². The molecule has 0 saturated heterocycles. The predicted octanol–water partition coefficient (Wildman–Crippen LogP) is 3.81. The third kappa shape index (κ3) is 2.58. The summed E-state index contributed by atoms with van der Waals surface area (Å²) >= 11 is 0. The monoisotopic (exact) mass is 298 g/mol. The highest BCUT2D eigenvalue weighted by molar-refractivity contribution is 6.04. The first kappa shape index (κ1) is 15.3. The van der Waals surface area contributed by atoms with Crippen LogP contribution < -0.4 is 0 Å². The van der Waals surface area contributed by atoms with Gasteiger partial charge in [-0.1, -0.05) is 25.5 Å². The average molecular weight is 298 g/mol. The van der Waals surface area contributed by atoms with E-state index in [9.17, 15) is 4.79 Å². The molecule has 0 saturated carbocycles. The number of hydrogen-bond acceptors (Lipinski definition) is 2. The Morgan fingerprint density at radius 3 is 2.68 bits per heavy atom. The number of likely N-dealkylation sites (N-methyl/N-ethyl adjacent to an activating group) is 1. The predicted molar refractivity (Wildman–Crippen MR) is 91.7 cm³/mol. The van der Waals surface area contributed by atoms with E-state index in [4.69, 9.17) is 0 Å². The Balaban J connectivity index is 2.07. The number of aromatic nitrogens is 1. The quantitative estimate of drug-likeness (QED) is 0.838. The zero-order valence-corrected chi connectivity index (χ0v) is 14.0. The molecule has 3 heteroatoms. The molecule has 3 nitrogen and oxygen atoms in total. The van der Waals surface area contributed by atoms with Crippen LogP contribution in [-0.4, -0.2) is 34.9 Å².